The van der Waals surface area contributed by atoms with E-state index in [1.165, 1.54) is 22.3 Å². The van der Waals surface area contributed by atoms with E-state index in [2.05, 4.69) is 26.0 Å². The van der Waals surface area contributed by atoms with Crippen molar-refractivity contribution in [2.75, 3.05) is 0 Å². The lowest BCUT2D eigenvalue weighted by Crippen LogP contribution is -2.23. The third kappa shape index (κ3) is 8.20. The second kappa shape index (κ2) is 10.8. The van der Waals surface area contributed by atoms with E-state index in [0.29, 0.717) is 12.8 Å². The van der Waals surface area contributed by atoms with Crippen molar-refractivity contribution in [3.05, 3.63) is 34.4 Å². The molecule has 4 heteroatoms. The Morgan fingerprint density at radius 3 is 1.76 bits per heavy atom. The van der Waals surface area contributed by atoms with Gasteiger partial charge in [-0.15, -0.1) is 0 Å². The number of carboxylic acids is 2. The Kier molecular flexibility index (Phi) is 9.38. The van der Waals surface area contributed by atoms with Crippen LogP contribution in [0.4, 0.5) is 0 Å². The number of rotatable bonds is 13. The van der Waals surface area contributed by atoms with Crippen LogP contribution in [0.15, 0.2) is 12.1 Å². The van der Waals surface area contributed by atoms with Gasteiger partial charge in [-0.25, -0.2) is 0 Å². The Labute approximate surface area is 176 Å². The van der Waals surface area contributed by atoms with Gasteiger partial charge < -0.3 is 10.2 Å². The van der Waals surface area contributed by atoms with E-state index in [-0.39, 0.29) is 0 Å². The molecule has 0 aromatic heterocycles. The molecule has 0 heterocycles. The molecule has 0 aliphatic rings. The zero-order valence-electron chi connectivity index (χ0n) is 19.2. The standard InChI is InChI=1S/C25H40O4/c1-18-16-20(12-8-7-10-14-24(3,4)22(26)27)17-21(19(18)2)13-9-11-15-25(5,6)23(28)29/h16-17H,7-15H2,1-6H3,(H,26,27)(H,28,29). The highest BCUT2D eigenvalue weighted by Crippen LogP contribution is 2.26. The molecule has 0 saturated heterocycles. The second-order valence-electron chi connectivity index (χ2n) is 9.84. The Bertz CT molecular complexity index is 701. The van der Waals surface area contributed by atoms with Crippen LogP contribution in [0.3, 0.4) is 0 Å². The normalized spacial score (nSPS) is 12.2. The first-order valence-electron chi connectivity index (χ1n) is 10.9. The molecule has 164 valence electrons. The summed E-state index contributed by atoms with van der Waals surface area (Å²) < 4.78 is 0. The zero-order valence-corrected chi connectivity index (χ0v) is 19.2. The van der Waals surface area contributed by atoms with E-state index in [1.54, 1.807) is 27.7 Å². The second-order valence-corrected chi connectivity index (χ2v) is 9.84. The van der Waals surface area contributed by atoms with Crippen molar-refractivity contribution in [2.24, 2.45) is 10.8 Å². The minimum Gasteiger partial charge on any atom is -0.481 e. The van der Waals surface area contributed by atoms with Crippen molar-refractivity contribution in [1.82, 2.24) is 0 Å². The van der Waals surface area contributed by atoms with Crippen molar-refractivity contribution in [2.45, 2.75) is 99.3 Å². The maximum absolute atomic E-state index is 11.2. The minimum atomic E-state index is -0.724. The number of hydrogen-bond acceptors (Lipinski definition) is 2. The average Bonchev–Trinajstić information content (AvgIpc) is 2.61. The van der Waals surface area contributed by atoms with Gasteiger partial charge in [-0.2, -0.15) is 0 Å². The molecule has 2 N–H and O–H groups in total. The highest BCUT2D eigenvalue weighted by molar-refractivity contribution is 5.73. The van der Waals surface area contributed by atoms with E-state index >= 15 is 0 Å². The van der Waals surface area contributed by atoms with Gasteiger partial charge in [0, 0.05) is 0 Å². The Morgan fingerprint density at radius 2 is 1.24 bits per heavy atom. The fraction of sp³-hybridized carbons (Fsp3) is 0.680. The fourth-order valence-corrected chi connectivity index (χ4v) is 3.59. The highest BCUT2D eigenvalue weighted by Gasteiger charge is 2.26. The Morgan fingerprint density at radius 1 is 0.759 bits per heavy atom. The minimum absolute atomic E-state index is 0.636. The van der Waals surface area contributed by atoms with Gasteiger partial charge in [0.1, 0.15) is 0 Å². The zero-order chi connectivity index (χ0) is 22.2. The largest absolute Gasteiger partial charge is 0.481 e. The topological polar surface area (TPSA) is 74.6 Å². The summed E-state index contributed by atoms with van der Waals surface area (Å²) in [7, 11) is 0. The first kappa shape index (κ1) is 25.2. The quantitative estimate of drug-likeness (QED) is 0.376. The number of aliphatic carboxylic acids is 2. The van der Waals surface area contributed by atoms with E-state index in [9.17, 15) is 19.8 Å². The molecule has 1 aromatic rings. The van der Waals surface area contributed by atoms with Crippen LogP contribution in [0, 0.1) is 24.7 Å². The summed E-state index contributed by atoms with van der Waals surface area (Å²) in [6.45, 7) is 11.5. The summed E-state index contributed by atoms with van der Waals surface area (Å²) in [6, 6.07) is 4.58. The van der Waals surface area contributed by atoms with Gasteiger partial charge in [0.15, 0.2) is 0 Å². The number of carboxylic acid groups (broad SMARTS) is 2. The molecule has 4 nitrogen and oxygen atoms in total. The maximum atomic E-state index is 11.2. The van der Waals surface area contributed by atoms with Gasteiger partial charge in [-0.3, -0.25) is 9.59 Å². The van der Waals surface area contributed by atoms with Gasteiger partial charge in [-0.05, 0) is 102 Å². The predicted molar refractivity (Wildman–Crippen MR) is 118 cm³/mol. The lowest BCUT2D eigenvalue weighted by Gasteiger charge is -2.19. The molecule has 0 unspecified atom stereocenters. The van der Waals surface area contributed by atoms with Crippen LogP contribution in [-0.4, -0.2) is 22.2 Å². The highest BCUT2D eigenvalue weighted by atomic mass is 16.4. The summed E-state index contributed by atoms with van der Waals surface area (Å²) in [6.07, 6.45) is 8.41. The number of unbranched alkanes of at least 4 members (excludes halogenated alkanes) is 3. The molecular weight excluding hydrogens is 364 g/mol. The molecule has 1 rings (SSSR count). The summed E-state index contributed by atoms with van der Waals surface area (Å²) >= 11 is 0. The molecule has 29 heavy (non-hydrogen) atoms. The van der Waals surface area contributed by atoms with Crippen molar-refractivity contribution >= 4 is 11.9 Å². The molecule has 1 aromatic carbocycles. The van der Waals surface area contributed by atoms with Crippen molar-refractivity contribution in [3.63, 3.8) is 0 Å². The summed E-state index contributed by atoms with van der Waals surface area (Å²) in [5.41, 5.74) is 4.10. The van der Waals surface area contributed by atoms with Gasteiger partial charge in [0.05, 0.1) is 10.8 Å². The predicted octanol–water partition coefficient (Wildman–Crippen LogP) is 6.34. The first-order valence-corrected chi connectivity index (χ1v) is 10.9. The van der Waals surface area contributed by atoms with Gasteiger partial charge in [0.25, 0.3) is 0 Å². The first-order chi connectivity index (χ1) is 13.4. The van der Waals surface area contributed by atoms with Crippen molar-refractivity contribution < 1.29 is 19.8 Å². The van der Waals surface area contributed by atoms with Gasteiger partial charge >= 0.3 is 11.9 Å². The Balaban J connectivity index is 2.53. The molecule has 0 amide bonds. The molecule has 0 bridgehead atoms. The SMILES string of the molecule is Cc1cc(CCCCCC(C)(C)C(=O)O)cc(CCCCC(C)(C)C(=O)O)c1C. The molecule has 0 saturated carbocycles. The third-order valence-electron chi connectivity index (χ3n) is 6.26. The number of hydrogen-bond donors (Lipinski definition) is 2. The summed E-state index contributed by atoms with van der Waals surface area (Å²) in [5, 5.41) is 18.4. The van der Waals surface area contributed by atoms with Crippen LogP contribution < -0.4 is 0 Å². The van der Waals surface area contributed by atoms with E-state index < -0.39 is 22.8 Å². The summed E-state index contributed by atoms with van der Waals surface area (Å²) in [5.74, 6) is -1.44. The summed E-state index contributed by atoms with van der Waals surface area (Å²) in [4.78, 5) is 22.4. The van der Waals surface area contributed by atoms with E-state index in [4.69, 9.17) is 0 Å². The molecule has 0 aliphatic carbocycles. The lowest BCUT2D eigenvalue weighted by atomic mass is 9.86. The number of aryl methyl sites for hydroxylation is 3. The van der Waals surface area contributed by atoms with Crippen LogP contribution in [-0.2, 0) is 22.4 Å². The van der Waals surface area contributed by atoms with E-state index in [0.717, 1.165) is 44.9 Å². The lowest BCUT2D eigenvalue weighted by molar-refractivity contribution is -0.148. The van der Waals surface area contributed by atoms with Crippen LogP contribution in [0.2, 0.25) is 0 Å². The third-order valence-corrected chi connectivity index (χ3v) is 6.26. The van der Waals surface area contributed by atoms with Gasteiger partial charge in [-0.1, -0.05) is 31.4 Å². The monoisotopic (exact) mass is 404 g/mol. The Hall–Kier alpha value is -1.84. The molecule has 0 fully saturated rings. The molecule has 0 spiro atoms. The smallest absolute Gasteiger partial charge is 0.309 e. The average molecular weight is 405 g/mol. The fourth-order valence-electron chi connectivity index (χ4n) is 3.59. The molecule has 0 radical (unpaired) electrons. The molecule has 0 aliphatic heterocycles. The van der Waals surface area contributed by atoms with Crippen LogP contribution in [0.5, 0.6) is 0 Å². The van der Waals surface area contributed by atoms with Crippen molar-refractivity contribution in [3.8, 4) is 0 Å². The number of benzene rings is 1. The van der Waals surface area contributed by atoms with Crippen LogP contribution >= 0.6 is 0 Å². The molecule has 0 atom stereocenters. The van der Waals surface area contributed by atoms with Crippen molar-refractivity contribution in [1.29, 1.82) is 0 Å². The maximum Gasteiger partial charge on any atom is 0.309 e. The molecular formula is C25H40O4. The number of carbonyl (C=O) groups is 2. The van der Waals surface area contributed by atoms with Crippen LogP contribution in [0.25, 0.3) is 0 Å². The van der Waals surface area contributed by atoms with Crippen LogP contribution in [0.1, 0.15) is 94.9 Å². The van der Waals surface area contributed by atoms with Gasteiger partial charge in [0.2, 0.25) is 0 Å². The van der Waals surface area contributed by atoms with E-state index in [1.807, 2.05) is 0 Å².